The Hall–Kier alpha value is -4.16. The molecule has 5 rings (SSSR count). The van der Waals surface area contributed by atoms with Crippen LogP contribution in [0.5, 0.6) is 5.75 Å². The van der Waals surface area contributed by atoms with Crippen LogP contribution in [0, 0.1) is 6.92 Å². The average molecular weight is 494 g/mol. The number of nitrogen functional groups attached to an aromatic ring is 1. The van der Waals surface area contributed by atoms with Gasteiger partial charge in [-0.3, -0.25) is 4.79 Å². The Morgan fingerprint density at radius 2 is 1.69 bits per heavy atom. The molecule has 1 amide bonds. The molecule has 5 nitrogen and oxygen atoms in total. The van der Waals surface area contributed by atoms with Crippen LogP contribution in [-0.4, -0.2) is 18.0 Å². The average Bonchev–Trinajstić information content (AvgIpc) is 3.25. The molecule has 0 spiro atoms. The van der Waals surface area contributed by atoms with Crippen LogP contribution in [0.2, 0.25) is 0 Å². The van der Waals surface area contributed by atoms with Gasteiger partial charge in [0, 0.05) is 16.6 Å². The number of carbonyl (C=O) groups excluding carboxylic acids is 1. The van der Waals surface area contributed by atoms with E-state index in [2.05, 4.69) is 43.4 Å². The number of aryl methyl sites for hydroxylation is 2. The van der Waals surface area contributed by atoms with Crippen LogP contribution in [0.15, 0.2) is 78.9 Å². The van der Waals surface area contributed by atoms with Crippen LogP contribution in [0.1, 0.15) is 27.7 Å². The Morgan fingerprint density at radius 1 is 1.00 bits per heavy atom. The van der Waals surface area contributed by atoms with Gasteiger partial charge in [0.25, 0.3) is 5.91 Å². The first kappa shape index (κ1) is 23.6. The van der Waals surface area contributed by atoms with Crippen LogP contribution >= 0.6 is 11.3 Å². The van der Waals surface area contributed by atoms with Crippen LogP contribution < -0.4 is 15.8 Å². The third-order valence-electron chi connectivity index (χ3n) is 6.30. The number of nitrogens with zero attached hydrogens (tertiary/aromatic N) is 1. The standard InChI is InChI=1S/C30H27N3O2S/c1-4-19-7-5-6-8-24(19)32-29(34)28-27(31)26-23(20-11-9-18(2)10-12-20)17-25(33-30(26)36-28)21-13-15-22(35-3)16-14-21/h5-17H,4,31H2,1-3H3,(H,32,34). The summed E-state index contributed by atoms with van der Waals surface area (Å²) in [6.45, 7) is 4.13. The molecule has 0 aliphatic heterocycles. The Bertz CT molecular complexity index is 1550. The number of rotatable bonds is 6. The molecule has 2 aromatic heterocycles. The second-order valence-corrected chi connectivity index (χ2v) is 9.64. The number of para-hydroxylation sites is 1. The number of nitrogens with one attached hydrogen (secondary N) is 1. The van der Waals surface area contributed by atoms with E-state index < -0.39 is 0 Å². The minimum Gasteiger partial charge on any atom is -0.497 e. The van der Waals surface area contributed by atoms with Gasteiger partial charge in [-0.05, 0) is 66.4 Å². The van der Waals surface area contributed by atoms with Crippen molar-refractivity contribution in [3.63, 3.8) is 0 Å². The lowest BCUT2D eigenvalue weighted by atomic mass is 9.98. The maximum atomic E-state index is 13.4. The number of carbonyl (C=O) groups is 1. The van der Waals surface area contributed by atoms with Crippen molar-refractivity contribution in [2.45, 2.75) is 20.3 Å². The van der Waals surface area contributed by atoms with Crippen molar-refractivity contribution in [1.29, 1.82) is 0 Å². The van der Waals surface area contributed by atoms with Gasteiger partial charge in [-0.15, -0.1) is 11.3 Å². The summed E-state index contributed by atoms with van der Waals surface area (Å²) in [5, 5.41) is 3.86. The van der Waals surface area contributed by atoms with Gasteiger partial charge < -0.3 is 15.8 Å². The lowest BCUT2D eigenvalue weighted by molar-refractivity contribution is 0.103. The molecule has 3 aromatic carbocycles. The van der Waals surface area contributed by atoms with Crippen molar-refractivity contribution >= 4 is 38.8 Å². The second kappa shape index (κ2) is 9.84. The first-order valence-electron chi connectivity index (χ1n) is 11.8. The lowest BCUT2D eigenvalue weighted by Crippen LogP contribution is -2.13. The lowest BCUT2D eigenvalue weighted by Gasteiger charge is -2.10. The summed E-state index contributed by atoms with van der Waals surface area (Å²) in [4.78, 5) is 19.5. The van der Waals surface area contributed by atoms with Crippen molar-refractivity contribution < 1.29 is 9.53 Å². The summed E-state index contributed by atoms with van der Waals surface area (Å²) in [6, 6.07) is 26.0. The minimum absolute atomic E-state index is 0.225. The zero-order chi connectivity index (χ0) is 25.2. The fraction of sp³-hybridized carbons (Fsp3) is 0.133. The molecule has 0 atom stereocenters. The highest BCUT2D eigenvalue weighted by molar-refractivity contribution is 7.21. The molecule has 2 heterocycles. The molecular weight excluding hydrogens is 466 g/mol. The predicted molar refractivity (Wildman–Crippen MR) is 150 cm³/mol. The predicted octanol–water partition coefficient (Wildman–Crippen LogP) is 7.34. The van der Waals surface area contributed by atoms with Gasteiger partial charge in [0.1, 0.15) is 15.5 Å². The minimum atomic E-state index is -0.225. The van der Waals surface area contributed by atoms with Gasteiger partial charge >= 0.3 is 0 Å². The summed E-state index contributed by atoms with van der Waals surface area (Å²) in [5.74, 6) is 0.558. The fourth-order valence-corrected chi connectivity index (χ4v) is 5.30. The molecule has 180 valence electrons. The number of pyridine rings is 1. The SMILES string of the molecule is CCc1ccccc1NC(=O)c1sc2nc(-c3ccc(OC)cc3)cc(-c3ccc(C)cc3)c2c1N. The summed E-state index contributed by atoms with van der Waals surface area (Å²) in [5.41, 5.74) is 13.9. The molecular formula is C30H27N3O2S. The largest absolute Gasteiger partial charge is 0.497 e. The number of hydrogen-bond donors (Lipinski definition) is 2. The quantitative estimate of drug-likeness (QED) is 0.259. The van der Waals surface area contributed by atoms with Crippen LogP contribution in [0.4, 0.5) is 11.4 Å². The number of fused-ring (bicyclic) bond motifs is 1. The summed E-state index contributed by atoms with van der Waals surface area (Å²) in [7, 11) is 1.65. The zero-order valence-electron chi connectivity index (χ0n) is 20.5. The topological polar surface area (TPSA) is 77.2 Å². The van der Waals surface area contributed by atoms with Gasteiger partial charge in [0.2, 0.25) is 0 Å². The van der Waals surface area contributed by atoms with Crippen molar-refractivity contribution in [3.05, 3.63) is 94.9 Å². The molecule has 0 unspecified atom stereocenters. The Labute approximate surface area is 214 Å². The summed E-state index contributed by atoms with van der Waals surface area (Å²) >= 11 is 1.32. The van der Waals surface area contributed by atoms with Crippen molar-refractivity contribution in [2.24, 2.45) is 0 Å². The molecule has 0 saturated carbocycles. The van der Waals surface area contributed by atoms with Crippen LogP contribution in [-0.2, 0) is 6.42 Å². The van der Waals surface area contributed by atoms with Gasteiger partial charge in [0.05, 0.1) is 18.5 Å². The van der Waals surface area contributed by atoms with E-state index >= 15 is 0 Å². The molecule has 0 aliphatic rings. The number of ether oxygens (including phenoxy) is 1. The van der Waals surface area contributed by atoms with Crippen molar-refractivity contribution in [3.8, 4) is 28.1 Å². The number of thiophene rings is 1. The fourth-order valence-electron chi connectivity index (χ4n) is 4.29. The normalized spacial score (nSPS) is 11.0. The van der Waals surface area contributed by atoms with Gasteiger partial charge in [0.15, 0.2) is 0 Å². The van der Waals surface area contributed by atoms with Gasteiger partial charge in [-0.2, -0.15) is 0 Å². The van der Waals surface area contributed by atoms with Gasteiger partial charge in [-0.1, -0.05) is 55.0 Å². The van der Waals surface area contributed by atoms with E-state index in [1.807, 2.05) is 54.6 Å². The van der Waals surface area contributed by atoms with E-state index in [0.717, 1.165) is 56.0 Å². The molecule has 0 fully saturated rings. The van der Waals surface area contributed by atoms with Crippen molar-refractivity contribution in [2.75, 3.05) is 18.2 Å². The molecule has 36 heavy (non-hydrogen) atoms. The highest BCUT2D eigenvalue weighted by Crippen LogP contribution is 2.41. The second-order valence-electron chi connectivity index (χ2n) is 8.64. The number of amides is 1. The zero-order valence-corrected chi connectivity index (χ0v) is 21.3. The first-order valence-corrected chi connectivity index (χ1v) is 12.6. The number of aromatic nitrogens is 1. The van der Waals surface area contributed by atoms with Crippen molar-refractivity contribution in [1.82, 2.24) is 4.98 Å². The van der Waals surface area contributed by atoms with E-state index in [1.165, 1.54) is 16.9 Å². The first-order chi connectivity index (χ1) is 17.5. The van der Waals surface area contributed by atoms with E-state index in [9.17, 15) is 4.79 Å². The Morgan fingerprint density at radius 3 is 2.39 bits per heavy atom. The maximum Gasteiger partial charge on any atom is 0.267 e. The highest BCUT2D eigenvalue weighted by Gasteiger charge is 2.22. The molecule has 6 heteroatoms. The third-order valence-corrected chi connectivity index (χ3v) is 7.40. The third kappa shape index (κ3) is 4.43. The summed E-state index contributed by atoms with van der Waals surface area (Å²) < 4.78 is 5.31. The maximum absolute atomic E-state index is 13.4. The smallest absolute Gasteiger partial charge is 0.267 e. The van der Waals surface area contributed by atoms with E-state index in [0.29, 0.717) is 10.6 Å². The van der Waals surface area contributed by atoms with Gasteiger partial charge in [-0.25, -0.2) is 4.98 Å². The molecule has 0 radical (unpaired) electrons. The highest BCUT2D eigenvalue weighted by atomic mass is 32.1. The Kier molecular flexibility index (Phi) is 6.44. The monoisotopic (exact) mass is 493 g/mol. The van der Waals surface area contributed by atoms with E-state index in [1.54, 1.807) is 7.11 Å². The number of methoxy groups -OCH3 is 1. The molecule has 0 bridgehead atoms. The summed E-state index contributed by atoms with van der Waals surface area (Å²) in [6.07, 6.45) is 0.822. The van der Waals surface area contributed by atoms with Crippen LogP contribution in [0.25, 0.3) is 32.6 Å². The number of nitrogens with two attached hydrogens (primary N) is 1. The number of hydrogen-bond acceptors (Lipinski definition) is 5. The van der Waals surface area contributed by atoms with E-state index in [4.69, 9.17) is 15.5 Å². The molecule has 3 N–H and O–H groups in total. The molecule has 0 aliphatic carbocycles. The molecule has 0 saturated heterocycles. The number of benzene rings is 3. The Balaban J connectivity index is 1.65. The molecule has 5 aromatic rings. The number of anilines is 2. The van der Waals surface area contributed by atoms with E-state index in [-0.39, 0.29) is 5.91 Å². The van der Waals surface area contributed by atoms with Crippen LogP contribution in [0.3, 0.4) is 0 Å².